The van der Waals surface area contributed by atoms with Gasteiger partial charge in [0.25, 0.3) is 0 Å². The average Bonchev–Trinajstić information content (AvgIpc) is 2.40. The molecule has 0 atom stereocenters. The molecule has 0 unspecified atom stereocenters. The van der Waals surface area contributed by atoms with Crippen molar-refractivity contribution in [2.45, 2.75) is 26.7 Å². The topological polar surface area (TPSA) is 46.5 Å². The molecule has 0 amide bonds. The zero-order valence-corrected chi connectivity index (χ0v) is 13.8. The first kappa shape index (κ1) is 15.6. The van der Waals surface area contributed by atoms with Gasteiger partial charge in [0.05, 0.1) is 0 Å². The molecule has 0 saturated heterocycles. The summed E-state index contributed by atoms with van der Waals surface area (Å²) in [6.45, 7) is 6.31. The van der Waals surface area contributed by atoms with Gasteiger partial charge in [-0.3, -0.25) is 0 Å². The van der Waals surface area contributed by atoms with E-state index in [1.165, 1.54) is 11.6 Å². The lowest BCUT2D eigenvalue weighted by Gasteiger charge is -2.13. The third-order valence-electron chi connectivity index (χ3n) is 3.26. The van der Waals surface area contributed by atoms with E-state index in [4.69, 9.17) is 4.74 Å². The fourth-order valence-corrected chi connectivity index (χ4v) is 2.61. The van der Waals surface area contributed by atoms with Crippen molar-refractivity contribution in [1.29, 1.82) is 0 Å². The van der Waals surface area contributed by atoms with Crippen LogP contribution in [0.5, 0.6) is 11.5 Å². The number of halogens is 1. The minimum absolute atomic E-state index is 0.134. The highest BCUT2D eigenvalue weighted by Gasteiger charge is 2.13. The standard InChI is InChI=1S/C17H17BrO3/c1-10(2)14-6-5-13(8-11(14)3)21-16-7-4-12(18)9-15(16)17(19)20/h4-10H,1-3H3,(H,19,20). The Morgan fingerprint density at radius 1 is 1.19 bits per heavy atom. The van der Waals surface area contributed by atoms with Crippen molar-refractivity contribution in [3.05, 3.63) is 57.6 Å². The highest BCUT2D eigenvalue weighted by atomic mass is 79.9. The molecule has 0 saturated carbocycles. The Kier molecular flexibility index (Phi) is 4.68. The lowest BCUT2D eigenvalue weighted by Crippen LogP contribution is -2.00. The second-order valence-electron chi connectivity index (χ2n) is 5.22. The van der Waals surface area contributed by atoms with Crippen LogP contribution < -0.4 is 4.74 Å². The average molecular weight is 349 g/mol. The molecule has 0 spiro atoms. The Hall–Kier alpha value is -1.81. The summed E-state index contributed by atoms with van der Waals surface area (Å²) in [4.78, 5) is 11.3. The highest BCUT2D eigenvalue weighted by molar-refractivity contribution is 9.10. The van der Waals surface area contributed by atoms with E-state index in [0.29, 0.717) is 21.9 Å². The van der Waals surface area contributed by atoms with Gasteiger partial charge in [0.2, 0.25) is 0 Å². The zero-order chi connectivity index (χ0) is 15.6. The maximum atomic E-state index is 11.3. The van der Waals surface area contributed by atoms with Gasteiger partial charge in [0.15, 0.2) is 0 Å². The molecule has 2 aromatic carbocycles. The number of benzene rings is 2. The van der Waals surface area contributed by atoms with Crippen LogP contribution in [-0.4, -0.2) is 11.1 Å². The largest absolute Gasteiger partial charge is 0.478 e. The zero-order valence-electron chi connectivity index (χ0n) is 12.2. The molecule has 0 heterocycles. The van der Waals surface area contributed by atoms with E-state index in [9.17, 15) is 9.90 Å². The van der Waals surface area contributed by atoms with Gasteiger partial charge in [-0.05, 0) is 54.3 Å². The van der Waals surface area contributed by atoms with E-state index < -0.39 is 5.97 Å². The Morgan fingerprint density at radius 3 is 2.48 bits per heavy atom. The Labute approximate surface area is 132 Å². The van der Waals surface area contributed by atoms with Crippen molar-refractivity contribution in [3.63, 3.8) is 0 Å². The summed E-state index contributed by atoms with van der Waals surface area (Å²) in [6, 6.07) is 10.8. The van der Waals surface area contributed by atoms with Crippen LogP contribution in [0.25, 0.3) is 0 Å². The minimum atomic E-state index is -1.01. The van der Waals surface area contributed by atoms with Crippen LogP contribution in [0.1, 0.15) is 41.3 Å². The van der Waals surface area contributed by atoms with Crippen molar-refractivity contribution < 1.29 is 14.6 Å². The summed E-state index contributed by atoms with van der Waals surface area (Å²) in [7, 11) is 0. The van der Waals surface area contributed by atoms with E-state index in [0.717, 1.165) is 5.56 Å². The first-order valence-corrected chi connectivity index (χ1v) is 7.49. The number of rotatable bonds is 4. The molecular weight excluding hydrogens is 332 g/mol. The van der Waals surface area contributed by atoms with Gasteiger partial charge in [-0.1, -0.05) is 35.8 Å². The van der Waals surface area contributed by atoms with Gasteiger partial charge in [-0.2, -0.15) is 0 Å². The number of aromatic carboxylic acids is 1. The first-order valence-electron chi connectivity index (χ1n) is 6.69. The molecule has 2 aromatic rings. The SMILES string of the molecule is Cc1cc(Oc2ccc(Br)cc2C(=O)O)ccc1C(C)C. The summed E-state index contributed by atoms with van der Waals surface area (Å²) >= 11 is 3.27. The van der Waals surface area contributed by atoms with Crippen LogP contribution in [0.3, 0.4) is 0 Å². The number of carboxylic acids is 1. The van der Waals surface area contributed by atoms with E-state index in [1.54, 1.807) is 12.1 Å². The molecular formula is C17H17BrO3. The molecule has 0 aromatic heterocycles. The molecule has 0 aliphatic rings. The third kappa shape index (κ3) is 3.64. The van der Waals surface area contributed by atoms with E-state index in [2.05, 4.69) is 29.8 Å². The monoisotopic (exact) mass is 348 g/mol. The maximum Gasteiger partial charge on any atom is 0.339 e. The molecule has 21 heavy (non-hydrogen) atoms. The van der Waals surface area contributed by atoms with Crippen LogP contribution in [0.2, 0.25) is 0 Å². The molecule has 0 fully saturated rings. The molecule has 2 rings (SSSR count). The van der Waals surface area contributed by atoms with Gasteiger partial charge in [-0.15, -0.1) is 0 Å². The van der Waals surface area contributed by atoms with Crippen LogP contribution in [-0.2, 0) is 0 Å². The van der Waals surface area contributed by atoms with Crippen molar-refractivity contribution in [3.8, 4) is 11.5 Å². The first-order chi connectivity index (χ1) is 9.88. The van der Waals surface area contributed by atoms with E-state index >= 15 is 0 Å². The number of ether oxygens (including phenoxy) is 1. The lowest BCUT2D eigenvalue weighted by molar-refractivity contribution is 0.0694. The van der Waals surface area contributed by atoms with Crippen molar-refractivity contribution in [2.75, 3.05) is 0 Å². The van der Waals surface area contributed by atoms with Gasteiger partial charge in [-0.25, -0.2) is 4.79 Å². The molecule has 0 radical (unpaired) electrons. The lowest BCUT2D eigenvalue weighted by atomic mass is 9.98. The second-order valence-corrected chi connectivity index (χ2v) is 6.14. The molecule has 3 nitrogen and oxygen atoms in total. The second kappa shape index (κ2) is 6.31. The number of hydrogen-bond donors (Lipinski definition) is 1. The number of carboxylic acid groups (broad SMARTS) is 1. The van der Waals surface area contributed by atoms with E-state index in [1.807, 2.05) is 25.1 Å². The predicted molar refractivity (Wildman–Crippen MR) is 86.4 cm³/mol. The van der Waals surface area contributed by atoms with Crippen molar-refractivity contribution in [2.24, 2.45) is 0 Å². The summed E-state index contributed by atoms with van der Waals surface area (Å²) in [6.07, 6.45) is 0. The van der Waals surface area contributed by atoms with Crippen LogP contribution in [0, 0.1) is 6.92 Å². The normalized spacial score (nSPS) is 10.7. The van der Waals surface area contributed by atoms with Crippen LogP contribution in [0.4, 0.5) is 0 Å². The van der Waals surface area contributed by atoms with Crippen molar-refractivity contribution in [1.82, 2.24) is 0 Å². The van der Waals surface area contributed by atoms with Gasteiger partial charge in [0, 0.05) is 4.47 Å². The molecule has 0 aliphatic carbocycles. The summed E-state index contributed by atoms with van der Waals surface area (Å²) in [5.74, 6) is 0.409. The Morgan fingerprint density at radius 2 is 1.90 bits per heavy atom. The number of carbonyl (C=O) groups is 1. The summed E-state index contributed by atoms with van der Waals surface area (Å²) < 4.78 is 6.45. The van der Waals surface area contributed by atoms with Gasteiger partial charge < -0.3 is 9.84 Å². The minimum Gasteiger partial charge on any atom is -0.478 e. The van der Waals surface area contributed by atoms with Gasteiger partial charge >= 0.3 is 5.97 Å². The summed E-state index contributed by atoms with van der Waals surface area (Å²) in [5.41, 5.74) is 2.53. The van der Waals surface area contributed by atoms with Crippen LogP contribution >= 0.6 is 15.9 Å². The van der Waals surface area contributed by atoms with E-state index in [-0.39, 0.29) is 5.56 Å². The highest BCUT2D eigenvalue weighted by Crippen LogP contribution is 2.30. The fraction of sp³-hybridized carbons (Fsp3) is 0.235. The predicted octanol–water partition coefficient (Wildman–Crippen LogP) is 5.37. The van der Waals surface area contributed by atoms with Gasteiger partial charge in [0.1, 0.15) is 17.1 Å². The smallest absolute Gasteiger partial charge is 0.339 e. The Balaban J connectivity index is 2.35. The molecule has 110 valence electrons. The molecule has 4 heteroatoms. The number of aryl methyl sites for hydroxylation is 1. The molecule has 0 bridgehead atoms. The number of hydrogen-bond acceptors (Lipinski definition) is 2. The maximum absolute atomic E-state index is 11.3. The molecule has 0 aliphatic heterocycles. The fourth-order valence-electron chi connectivity index (χ4n) is 2.24. The van der Waals surface area contributed by atoms with Crippen LogP contribution in [0.15, 0.2) is 40.9 Å². The third-order valence-corrected chi connectivity index (χ3v) is 3.76. The Bertz CT molecular complexity index is 678. The molecule has 1 N–H and O–H groups in total. The quantitative estimate of drug-likeness (QED) is 0.807. The van der Waals surface area contributed by atoms with Crippen molar-refractivity contribution >= 4 is 21.9 Å². The summed E-state index contributed by atoms with van der Waals surface area (Å²) in [5, 5.41) is 9.24.